The third kappa shape index (κ3) is 6.88. The van der Waals surface area contributed by atoms with E-state index in [4.69, 9.17) is 14.2 Å². The van der Waals surface area contributed by atoms with E-state index in [-0.39, 0.29) is 12.4 Å². The molecule has 1 unspecified atom stereocenters. The van der Waals surface area contributed by atoms with E-state index in [0.29, 0.717) is 29.1 Å². The van der Waals surface area contributed by atoms with E-state index in [0.717, 1.165) is 11.4 Å². The van der Waals surface area contributed by atoms with Crippen LogP contribution in [-0.4, -0.2) is 41.1 Å². The van der Waals surface area contributed by atoms with Gasteiger partial charge in [-0.1, -0.05) is 30.3 Å². The van der Waals surface area contributed by atoms with E-state index >= 15 is 0 Å². The van der Waals surface area contributed by atoms with E-state index in [1.54, 1.807) is 36.7 Å². The number of ether oxygens (including phenoxy) is 3. The number of aromatic nitrogens is 3. The van der Waals surface area contributed by atoms with Crippen LogP contribution < -0.4 is 10.1 Å². The minimum atomic E-state index is -0.484. The molecule has 2 heterocycles. The second-order valence-corrected chi connectivity index (χ2v) is 8.03. The normalized spacial score (nSPS) is 11.3. The van der Waals surface area contributed by atoms with Gasteiger partial charge in [0.1, 0.15) is 11.6 Å². The number of benzene rings is 2. The third-order valence-electron chi connectivity index (χ3n) is 5.59. The van der Waals surface area contributed by atoms with Crippen molar-refractivity contribution in [2.45, 2.75) is 18.9 Å². The molecule has 0 aliphatic heterocycles. The Bertz CT molecular complexity index is 1350. The second-order valence-electron chi connectivity index (χ2n) is 8.03. The van der Waals surface area contributed by atoms with Crippen molar-refractivity contribution in [2.24, 2.45) is 0 Å². The minimum Gasteiger partial charge on any atom is -0.469 e. The van der Waals surface area contributed by atoms with Crippen molar-refractivity contribution in [3.8, 4) is 11.8 Å². The highest BCUT2D eigenvalue weighted by Gasteiger charge is 2.22. The number of hydrogen-bond acceptors (Lipinski definition) is 9. The van der Waals surface area contributed by atoms with Gasteiger partial charge in [0.25, 0.3) is 0 Å². The van der Waals surface area contributed by atoms with Crippen LogP contribution in [0.25, 0.3) is 0 Å². The van der Waals surface area contributed by atoms with E-state index in [2.05, 4.69) is 20.3 Å². The summed E-state index contributed by atoms with van der Waals surface area (Å²) in [5.41, 5.74) is 2.69. The highest BCUT2D eigenvalue weighted by atomic mass is 16.5. The lowest BCUT2D eigenvalue weighted by Gasteiger charge is -2.17. The molecule has 0 radical (unpaired) electrons. The molecule has 1 N–H and O–H groups in total. The average Bonchev–Trinajstić information content (AvgIpc) is 2.95. The van der Waals surface area contributed by atoms with Gasteiger partial charge in [-0.15, -0.1) is 0 Å². The maximum Gasteiger partial charge on any atom is 0.337 e. The van der Waals surface area contributed by atoms with Crippen LogP contribution in [0, 0.1) is 0 Å². The van der Waals surface area contributed by atoms with Crippen LogP contribution in [0.2, 0.25) is 0 Å². The van der Waals surface area contributed by atoms with Gasteiger partial charge in [0.2, 0.25) is 0 Å². The highest BCUT2D eigenvalue weighted by molar-refractivity contribution is 5.89. The number of nitrogens with zero attached hydrogens (tertiary/aromatic N) is 3. The van der Waals surface area contributed by atoms with E-state index in [9.17, 15) is 9.59 Å². The van der Waals surface area contributed by atoms with Gasteiger partial charge in [0, 0.05) is 24.9 Å². The standard InChI is InChI=1S/C28H26N4O5/c1-35-26(33)17-23(20-6-5-7-21(16-20)27(34)36-2)24-13-15-30-28(32-24)37-22-11-9-19(10-12-22)18-31-25-8-3-4-14-29-25/h3-16,23H,17-18H2,1-2H3,(H,29,31). The van der Waals surface area contributed by atoms with Crippen molar-refractivity contribution in [3.05, 3.63) is 108 Å². The Kier molecular flexibility index (Phi) is 8.38. The van der Waals surface area contributed by atoms with E-state index in [1.807, 2.05) is 48.5 Å². The Morgan fingerprint density at radius 3 is 2.46 bits per heavy atom. The van der Waals surface area contributed by atoms with Gasteiger partial charge < -0.3 is 19.5 Å². The van der Waals surface area contributed by atoms with Gasteiger partial charge in [-0.3, -0.25) is 4.79 Å². The monoisotopic (exact) mass is 498 g/mol. The van der Waals surface area contributed by atoms with Crippen molar-refractivity contribution < 1.29 is 23.8 Å². The number of hydrogen-bond donors (Lipinski definition) is 1. The summed E-state index contributed by atoms with van der Waals surface area (Å²) in [6, 6.07) is 21.9. The fraction of sp³-hybridized carbons (Fsp3) is 0.179. The zero-order valence-corrected chi connectivity index (χ0v) is 20.5. The quantitative estimate of drug-likeness (QED) is 0.309. The Hall–Kier alpha value is -4.79. The number of anilines is 1. The molecule has 2 aromatic heterocycles. The summed E-state index contributed by atoms with van der Waals surface area (Å²) >= 11 is 0. The number of carbonyl (C=O) groups is 2. The van der Waals surface area contributed by atoms with Crippen LogP contribution in [0.1, 0.15) is 39.5 Å². The molecule has 0 saturated carbocycles. The maximum atomic E-state index is 12.2. The molecular weight excluding hydrogens is 472 g/mol. The number of pyridine rings is 1. The largest absolute Gasteiger partial charge is 0.469 e. The second kappa shape index (κ2) is 12.3. The summed E-state index contributed by atoms with van der Waals surface area (Å²) in [5, 5.41) is 3.26. The topological polar surface area (TPSA) is 113 Å². The molecular formula is C28H26N4O5. The van der Waals surface area contributed by atoms with Gasteiger partial charge in [0.15, 0.2) is 0 Å². The lowest BCUT2D eigenvalue weighted by molar-refractivity contribution is -0.140. The number of nitrogens with one attached hydrogen (secondary N) is 1. The Labute approximate surface area is 214 Å². The van der Waals surface area contributed by atoms with Crippen molar-refractivity contribution in [3.63, 3.8) is 0 Å². The number of methoxy groups -OCH3 is 2. The van der Waals surface area contributed by atoms with Gasteiger partial charge in [-0.25, -0.2) is 14.8 Å². The average molecular weight is 499 g/mol. The Morgan fingerprint density at radius 1 is 0.892 bits per heavy atom. The molecule has 188 valence electrons. The number of carbonyl (C=O) groups excluding carboxylic acids is 2. The molecule has 2 aromatic carbocycles. The van der Waals surface area contributed by atoms with Gasteiger partial charge in [-0.2, -0.15) is 4.98 Å². The molecule has 4 rings (SSSR count). The summed E-state index contributed by atoms with van der Waals surface area (Å²) in [6.45, 7) is 0.614. The number of rotatable bonds is 10. The predicted octanol–water partition coefficient (Wildman–Crippen LogP) is 4.76. The lowest BCUT2D eigenvalue weighted by Crippen LogP contribution is -2.13. The van der Waals surface area contributed by atoms with Crippen LogP contribution in [0.5, 0.6) is 11.8 Å². The van der Waals surface area contributed by atoms with E-state index in [1.165, 1.54) is 14.2 Å². The molecule has 1 atom stereocenters. The fourth-order valence-electron chi connectivity index (χ4n) is 3.68. The van der Waals surface area contributed by atoms with Crippen molar-refractivity contribution in [2.75, 3.05) is 19.5 Å². The highest BCUT2D eigenvalue weighted by Crippen LogP contribution is 2.29. The molecule has 0 spiro atoms. The zero-order chi connectivity index (χ0) is 26.0. The third-order valence-corrected chi connectivity index (χ3v) is 5.59. The molecule has 0 amide bonds. The summed E-state index contributed by atoms with van der Waals surface area (Å²) in [6.07, 6.45) is 3.33. The first kappa shape index (κ1) is 25.3. The molecule has 0 saturated heterocycles. The Balaban J connectivity index is 1.51. The first-order chi connectivity index (χ1) is 18.1. The first-order valence-electron chi connectivity index (χ1n) is 11.6. The Morgan fingerprint density at radius 2 is 1.73 bits per heavy atom. The summed E-state index contributed by atoms with van der Waals surface area (Å²) in [4.78, 5) is 37.2. The summed E-state index contributed by atoms with van der Waals surface area (Å²) in [5.74, 6) is -0.00132. The van der Waals surface area contributed by atoms with Crippen molar-refractivity contribution in [1.82, 2.24) is 15.0 Å². The predicted molar refractivity (Wildman–Crippen MR) is 136 cm³/mol. The van der Waals surface area contributed by atoms with Crippen molar-refractivity contribution >= 4 is 17.8 Å². The van der Waals surface area contributed by atoms with Gasteiger partial charge >= 0.3 is 17.9 Å². The molecule has 37 heavy (non-hydrogen) atoms. The van der Waals surface area contributed by atoms with Crippen LogP contribution >= 0.6 is 0 Å². The van der Waals surface area contributed by atoms with Crippen LogP contribution in [0.15, 0.2) is 85.2 Å². The zero-order valence-electron chi connectivity index (χ0n) is 20.5. The SMILES string of the molecule is COC(=O)CC(c1cccc(C(=O)OC)c1)c1ccnc(Oc2ccc(CNc3ccccn3)cc2)n1. The smallest absolute Gasteiger partial charge is 0.337 e. The minimum absolute atomic E-state index is 0.0234. The summed E-state index contributed by atoms with van der Waals surface area (Å²) in [7, 11) is 2.65. The molecule has 9 nitrogen and oxygen atoms in total. The van der Waals surface area contributed by atoms with E-state index < -0.39 is 17.9 Å². The lowest BCUT2D eigenvalue weighted by atomic mass is 9.91. The van der Waals surface area contributed by atoms with Crippen LogP contribution in [0.4, 0.5) is 5.82 Å². The van der Waals surface area contributed by atoms with Gasteiger partial charge in [-0.05, 0) is 53.6 Å². The van der Waals surface area contributed by atoms with Crippen LogP contribution in [0.3, 0.4) is 0 Å². The van der Waals surface area contributed by atoms with Crippen molar-refractivity contribution in [1.29, 1.82) is 0 Å². The molecule has 0 bridgehead atoms. The first-order valence-corrected chi connectivity index (χ1v) is 11.6. The molecule has 0 fully saturated rings. The van der Waals surface area contributed by atoms with Gasteiger partial charge in [0.05, 0.1) is 31.9 Å². The van der Waals surface area contributed by atoms with Crippen LogP contribution in [-0.2, 0) is 20.8 Å². The summed E-state index contributed by atoms with van der Waals surface area (Å²) < 4.78 is 15.6. The fourth-order valence-corrected chi connectivity index (χ4v) is 3.68. The molecule has 9 heteroatoms. The molecule has 4 aromatic rings. The maximum absolute atomic E-state index is 12.2. The number of esters is 2. The molecule has 0 aliphatic carbocycles. The molecule has 0 aliphatic rings.